The van der Waals surface area contributed by atoms with Crippen LogP contribution in [-0.4, -0.2) is 29.8 Å². The monoisotopic (exact) mass is 133 g/mol. The van der Waals surface area contributed by atoms with Crippen LogP contribution in [0.1, 0.15) is 0 Å². The Labute approximate surface area is 53.5 Å². The van der Waals surface area contributed by atoms with Crippen molar-refractivity contribution in [2.24, 2.45) is 11.1 Å². The lowest BCUT2D eigenvalue weighted by Gasteiger charge is -2.38. The first-order chi connectivity index (χ1) is 3.83. The van der Waals surface area contributed by atoms with Crippen LogP contribution in [-0.2, 0) is 0 Å². The highest BCUT2D eigenvalue weighted by Gasteiger charge is 2.35. The molecular weight excluding hydrogens is 122 g/mol. The summed E-state index contributed by atoms with van der Waals surface area (Å²) >= 11 is 1.85. The summed E-state index contributed by atoms with van der Waals surface area (Å²) in [4.78, 5) is 0. The van der Waals surface area contributed by atoms with Gasteiger partial charge in [0.2, 0.25) is 0 Å². The molecule has 0 aromatic rings. The minimum absolute atomic E-state index is 0.102. The number of hydrogen-bond donors (Lipinski definition) is 2. The molecule has 1 heterocycles. The van der Waals surface area contributed by atoms with Gasteiger partial charge in [0.05, 0.1) is 6.61 Å². The first kappa shape index (κ1) is 6.39. The van der Waals surface area contributed by atoms with Gasteiger partial charge in [-0.3, -0.25) is 0 Å². The Morgan fingerprint density at radius 3 is 2.25 bits per heavy atom. The van der Waals surface area contributed by atoms with Crippen LogP contribution in [0.3, 0.4) is 0 Å². The zero-order valence-corrected chi connectivity index (χ0v) is 5.58. The lowest BCUT2D eigenvalue weighted by molar-refractivity contribution is 0.165. The van der Waals surface area contributed by atoms with E-state index >= 15 is 0 Å². The highest BCUT2D eigenvalue weighted by atomic mass is 32.2. The molecule has 0 spiro atoms. The lowest BCUT2D eigenvalue weighted by atomic mass is 9.94. The minimum atomic E-state index is 0.102. The second-order valence-corrected chi connectivity index (χ2v) is 3.34. The first-order valence-corrected chi connectivity index (χ1v) is 3.87. The third-order valence-electron chi connectivity index (χ3n) is 1.58. The maximum atomic E-state index is 8.74. The van der Waals surface area contributed by atoms with E-state index in [0.717, 1.165) is 11.5 Å². The Bertz CT molecular complexity index is 69.0. The fourth-order valence-electron chi connectivity index (χ4n) is 0.664. The van der Waals surface area contributed by atoms with Gasteiger partial charge >= 0.3 is 0 Å². The van der Waals surface area contributed by atoms with Gasteiger partial charge < -0.3 is 10.8 Å². The van der Waals surface area contributed by atoms with E-state index in [0.29, 0.717) is 6.54 Å². The highest BCUT2D eigenvalue weighted by Crippen LogP contribution is 2.35. The van der Waals surface area contributed by atoms with Crippen LogP contribution >= 0.6 is 11.8 Å². The van der Waals surface area contributed by atoms with Gasteiger partial charge in [0, 0.05) is 23.5 Å². The maximum absolute atomic E-state index is 8.74. The summed E-state index contributed by atoms with van der Waals surface area (Å²) in [5, 5.41) is 8.74. The van der Waals surface area contributed by atoms with E-state index in [4.69, 9.17) is 10.8 Å². The maximum Gasteiger partial charge on any atom is 0.0515 e. The Hall–Kier alpha value is 0.270. The van der Waals surface area contributed by atoms with E-state index in [2.05, 4.69) is 0 Å². The number of aliphatic hydroxyl groups is 1. The van der Waals surface area contributed by atoms with Crippen LogP contribution in [0.25, 0.3) is 0 Å². The molecule has 0 aromatic carbocycles. The number of nitrogens with two attached hydrogens (primary N) is 1. The average Bonchev–Trinajstić information content (AvgIpc) is 1.67. The third-order valence-corrected chi connectivity index (χ3v) is 3.22. The molecule has 2 nitrogen and oxygen atoms in total. The van der Waals surface area contributed by atoms with Crippen molar-refractivity contribution < 1.29 is 5.11 Å². The molecule has 1 saturated heterocycles. The molecule has 0 atom stereocenters. The lowest BCUT2D eigenvalue weighted by Crippen LogP contribution is -2.45. The van der Waals surface area contributed by atoms with Gasteiger partial charge in [-0.15, -0.1) is 0 Å². The molecule has 0 unspecified atom stereocenters. The van der Waals surface area contributed by atoms with Crippen molar-refractivity contribution in [2.75, 3.05) is 24.7 Å². The zero-order chi connectivity index (χ0) is 6.04. The summed E-state index contributed by atoms with van der Waals surface area (Å²) in [5.41, 5.74) is 5.51. The molecule has 8 heavy (non-hydrogen) atoms. The average molecular weight is 133 g/mol. The van der Waals surface area contributed by atoms with Crippen LogP contribution < -0.4 is 5.73 Å². The Kier molecular flexibility index (Phi) is 1.80. The van der Waals surface area contributed by atoms with Crippen molar-refractivity contribution in [1.82, 2.24) is 0 Å². The van der Waals surface area contributed by atoms with E-state index in [9.17, 15) is 0 Å². The van der Waals surface area contributed by atoms with Gasteiger partial charge in [0.15, 0.2) is 0 Å². The number of rotatable bonds is 2. The van der Waals surface area contributed by atoms with Crippen molar-refractivity contribution in [2.45, 2.75) is 0 Å². The predicted octanol–water partition coefficient (Wildman–Crippen LogP) is -0.329. The normalized spacial score (nSPS) is 24.8. The summed E-state index contributed by atoms with van der Waals surface area (Å²) in [6.45, 7) is 0.896. The van der Waals surface area contributed by atoms with Gasteiger partial charge in [-0.2, -0.15) is 11.8 Å². The van der Waals surface area contributed by atoms with E-state index in [1.165, 1.54) is 0 Å². The molecule has 48 valence electrons. The molecule has 0 bridgehead atoms. The predicted molar refractivity (Wildman–Crippen MR) is 35.9 cm³/mol. The van der Waals surface area contributed by atoms with Crippen LogP contribution in [0, 0.1) is 5.41 Å². The summed E-state index contributed by atoms with van der Waals surface area (Å²) < 4.78 is 0. The quantitative estimate of drug-likeness (QED) is 0.542. The van der Waals surface area contributed by atoms with Crippen molar-refractivity contribution >= 4 is 11.8 Å². The molecule has 0 aliphatic carbocycles. The molecule has 1 aliphatic rings. The summed E-state index contributed by atoms with van der Waals surface area (Å²) in [6.07, 6.45) is 0. The van der Waals surface area contributed by atoms with Crippen LogP contribution in [0.2, 0.25) is 0 Å². The summed E-state index contributed by atoms with van der Waals surface area (Å²) in [7, 11) is 0. The molecule has 3 N–H and O–H groups in total. The second-order valence-electron chi connectivity index (χ2n) is 2.36. The molecule has 1 rings (SSSR count). The molecule has 0 radical (unpaired) electrons. The van der Waals surface area contributed by atoms with Gasteiger partial charge in [-0.1, -0.05) is 0 Å². The first-order valence-electron chi connectivity index (χ1n) is 2.72. The molecule has 3 heteroatoms. The molecule has 0 aromatic heterocycles. The standard InChI is InChI=1S/C5H11NOS/c6-1-5(2-7)3-8-4-5/h7H,1-4,6H2. The third kappa shape index (κ3) is 0.855. The summed E-state index contributed by atoms with van der Waals surface area (Å²) in [6, 6.07) is 0. The fourth-order valence-corrected chi connectivity index (χ4v) is 1.86. The molecular formula is C5H11NOS. The summed E-state index contributed by atoms with van der Waals surface area (Å²) in [5.74, 6) is 2.08. The van der Waals surface area contributed by atoms with E-state index in [1.54, 1.807) is 0 Å². The van der Waals surface area contributed by atoms with Crippen LogP contribution in [0.15, 0.2) is 0 Å². The zero-order valence-electron chi connectivity index (χ0n) is 4.76. The van der Waals surface area contributed by atoms with Crippen LogP contribution in [0.4, 0.5) is 0 Å². The van der Waals surface area contributed by atoms with E-state index < -0.39 is 0 Å². The molecule has 1 aliphatic heterocycles. The molecule has 0 saturated carbocycles. The molecule has 1 fully saturated rings. The van der Waals surface area contributed by atoms with Gasteiger partial charge in [0.1, 0.15) is 0 Å². The smallest absolute Gasteiger partial charge is 0.0515 e. The van der Waals surface area contributed by atoms with Crippen molar-refractivity contribution in [3.05, 3.63) is 0 Å². The Morgan fingerprint density at radius 1 is 1.62 bits per heavy atom. The number of thioether (sulfide) groups is 1. The van der Waals surface area contributed by atoms with Crippen LogP contribution in [0.5, 0.6) is 0 Å². The molecule has 0 amide bonds. The number of aliphatic hydroxyl groups excluding tert-OH is 1. The second kappa shape index (κ2) is 2.25. The van der Waals surface area contributed by atoms with Gasteiger partial charge in [0.25, 0.3) is 0 Å². The Morgan fingerprint density at radius 2 is 2.25 bits per heavy atom. The Balaban J connectivity index is 2.33. The van der Waals surface area contributed by atoms with E-state index in [-0.39, 0.29) is 12.0 Å². The fraction of sp³-hybridized carbons (Fsp3) is 1.00. The minimum Gasteiger partial charge on any atom is -0.396 e. The topological polar surface area (TPSA) is 46.2 Å². The van der Waals surface area contributed by atoms with Crippen molar-refractivity contribution in [3.8, 4) is 0 Å². The van der Waals surface area contributed by atoms with Gasteiger partial charge in [-0.05, 0) is 0 Å². The van der Waals surface area contributed by atoms with Crippen molar-refractivity contribution in [1.29, 1.82) is 0 Å². The largest absolute Gasteiger partial charge is 0.396 e. The SMILES string of the molecule is NCC1(CO)CSC1. The van der Waals surface area contributed by atoms with Crippen molar-refractivity contribution in [3.63, 3.8) is 0 Å². The van der Waals surface area contributed by atoms with Gasteiger partial charge in [-0.25, -0.2) is 0 Å². The van der Waals surface area contributed by atoms with E-state index in [1.807, 2.05) is 11.8 Å². The highest BCUT2D eigenvalue weighted by molar-refractivity contribution is 8.00. The number of hydrogen-bond acceptors (Lipinski definition) is 3.